The predicted molar refractivity (Wildman–Crippen MR) is 119 cm³/mol. The Kier molecular flexibility index (Phi) is 5.82. The third-order valence-corrected chi connectivity index (χ3v) is 10.1. The van der Waals surface area contributed by atoms with Crippen LogP contribution < -0.4 is 0 Å². The van der Waals surface area contributed by atoms with Gasteiger partial charge in [0.25, 0.3) is 0 Å². The molecular weight excluding hydrogens is 356 g/mol. The number of ketones is 1. The van der Waals surface area contributed by atoms with Gasteiger partial charge in [-0.25, -0.2) is 0 Å². The van der Waals surface area contributed by atoms with Gasteiger partial charge in [-0.1, -0.05) is 59.5 Å². The van der Waals surface area contributed by atoms with Crippen LogP contribution in [0.15, 0.2) is 11.6 Å². The maximum absolute atomic E-state index is 13.4. The van der Waals surface area contributed by atoms with Crippen LogP contribution in [0, 0.1) is 46.3 Å². The van der Waals surface area contributed by atoms with Crippen molar-refractivity contribution < 1.29 is 9.90 Å². The standard InChI is InChI=1S/C27H44O2/c1-17(2)7-6-8-18(3)21-9-10-22-25-23(12-14-27(21,22)5)26(4)13-11-20(28)15-19(26)16-24(25)29/h16-18,20-23,25,28H,6-15H2,1-5H3/t18-,20+,21-,22+,23+,25?,26+,27-/m1/s1. The van der Waals surface area contributed by atoms with Crippen molar-refractivity contribution in [2.75, 3.05) is 0 Å². The van der Waals surface area contributed by atoms with E-state index >= 15 is 0 Å². The number of aliphatic hydroxyl groups excluding tert-OH is 1. The summed E-state index contributed by atoms with van der Waals surface area (Å²) in [5.41, 5.74) is 1.77. The Morgan fingerprint density at radius 2 is 1.79 bits per heavy atom. The van der Waals surface area contributed by atoms with E-state index in [1.165, 1.54) is 50.5 Å². The Morgan fingerprint density at radius 3 is 2.52 bits per heavy atom. The smallest absolute Gasteiger partial charge is 0.159 e. The van der Waals surface area contributed by atoms with E-state index in [-0.39, 0.29) is 17.4 Å². The van der Waals surface area contributed by atoms with Gasteiger partial charge in [-0.15, -0.1) is 0 Å². The molecule has 0 radical (unpaired) electrons. The number of hydrogen-bond acceptors (Lipinski definition) is 2. The van der Waals surface area contributed by atoms with E-state index in [9.17, 15) is 9.90 Å². The molecule has 0 aliphatic heterocycles. The predicted octanol–water partition coefficient (Wildman–Crippen LogP) is 6.57. The van der Waals surface area contributed by atoms with Gasteiger partial charge in [0.1, 0.15) is 0 Å². The molecule has 29 heavy (non-hydrogen) atoms. The molecule has 4 aliphatic carbocycles. The number of hydrogen-bond donors (Lipinski definition) is 1. The molecule has 0 heterocycles. The van der Waals surface area contributed by atoms with Crippen LogP contribution in [0.25, 0.3) is 0 Å². The minimum absolute atomic E-state index is 0.153. The summed E-state index contributed by atoms with van der Waals surface area (Å²) in [6, 6.07) is 0. The lowest BCUT2D eigenvalue weighted by atomic mass is 9.46. The number of allylic oxidation sites excluding steroid dienone is 1. The SMILES string of the molecule is CC(C)CCC[C@@H](C)[C@H]1CC[C@H]2C3C(=O)C=C4C[C@@H](O)CC[C@]4(C)[C@H]3CC[C@]12C. The Labute approximate surface area is 178 Å². The van der Waals surface area contributed by atoms with Crippen LogP contribution >= 0.6 is 0 Å². The van der Waals surface area contributed by atoms with Crippen LogP contribution in [0.2, 0.25) is 0 Å². The van der Waals surface area contributed by atoms with Gasteiger partial charge in [-0.05, 0) is 91.4 Å². The van der Waals surface area contributed by atoms with Gasteiger partial charge < -0.3 is 5.11 Å². The Morgan fingerprint density at radius 1 is 1.03 bits per heavy atom. The minimum atomic E-state index is -0.241. The molecule has 1 unspecified atom stereocenters. The molecule has 0 aromatic heterocycles. The summed E-state index contributed by atoms with van der Waals surface area (Å²) in [4.78, 5) is 13.4. The normalized spacial score (nSPS) is 45.4. The van der Waals surface area contributed by atoms with Crippen molar-refractivity contribution in [2.45, 2.75) is 105 Å². The van der Waals surface area contributed by atoms with Crippen molar-refractivity contribution in [3.8, 4) is 0 Å². The van der Waals surface area contributed by atoms with Crippen molar-refractivity contribution in [1.82, 2.24) is 0 Å². The van der Waals surface area contributed by atoms with Crippen LogP contribution in [0.3, 0.4) is 0 Å². The van der Waals surface area contributed by atoms with E-state index in [1.54, 1.807) is 0 Å². The molecule has 3 fully saturated rings. The second-order valence-corrected chi connectivity index (χ2v) is 12.2. The molecule has 4 aliphatic rings. The average molecular weight is 401 g/mol. The minimum Gasteiger partial charge on any atom is -0.393 e. The molecule has 164 valence electrons. The summed E-state index contributed by atoms with van der Waals surface area (Å²) in [5.74, 6) is 4.11. The van der Waals surface area contributed by atoms with Crippen LogP contribution in [-0.2, 0) is 4.79 Å². The number of carbonyl (C=O) groups is 1. The number of carbonyl (C=O) groups excluding carboxylic acids is 1. The Hall–Kier alpha value is -0.630. The van der Waals surface area contributed by atoms with E-state index in [1.807, 2.05) is 6.08 Å². The molecule has 2 nitrogen and oxygen atoms in total. The Bertz CT molecular complexity index is 663. The van der Waals surface area contributed by atoms with E-state index in [4.69, 9.17) is 0 Å². The number of fused-ring (bicyclic) bond motifs is 5. The maximum atomic E-state index is 13.4. The largest absolute Gasteiger partial charge is 0.393 e. The van der Waals surface area contributed by atoms with Crippen molar-refractivity contribution in [3.05, 3.63) is 11.6 Å². The van der Waals surface area contributed by atoms with Crippen molar-refractivity contribution in [3.63, 3.8) is 0 Å². The summed E-state index contributed by atoms with van der Waals surface area (Å²) in [6.07, 6.45) is 13.6. The van der Waals surface area contributed by atoms with Crippen molar-refractivity contribution in [2.24, 2.45) is 46.3 Å². The molecule has 0 aromatic rings. The number of rotatable bonds is 5. The summed E-state index contributed by atoms with van der Waals surface area (Å²) < 4.78 is 0. The second-order valence-electron chi connectivity index (χ2n) is 12.2. The summed E-state index contributed by atoms with van der Waals surface area (Å²) in [7, 11) is 0. The fraction of sp³-hybridized carbons (Fsp3) is 0.889. The van der Waals surface area contributed by atoms with Gasteiger partial charge >= 0.3 is 0 Å². The highest BCUT2D eigenvalue weighted by atomic mass is 16.3. The Balaban J connectivity index is 1.54. The zero-order valence-corrected chi connectivity index (χ0v) is 19.5. The first-order valence-electron chi connectivity index (χ1n) is 12.6. The van der Waals surface area contributed by atoms with Crippen LogP contribution in [-0.4, -0.2) is 17.0 Å². The summed E-state index contributed by atoms with van der Waals surface area (Å²) in [5, 5.41) is 10.2. The lowest BCUT2D eigenvalue weighted by Crippen LogP contribution is -2.53. The third-order valence-electron chi connectivity index (χ3n) is 10.1. The molecule has 1 N–H and O–H groups in total. The molecule has 8 atom stereocenters. The van der Waals surface area contributed by atoms with Crippen molar-refractivity contribution >= 4 is 5.78 Å². The van der Waals surface area contributed by atoms with Gasteiger partial charge in [-0.3, -0.25) is 4.79 Å². The number of aliphatic hydroxyl groups is 1. The molecule has 0 saturated heterocycles. The summed E-state index contributed by atoms with van der Waals surface area (Å²) >= 11 is 0. The lowest BCUT2D eigenvalue weighted by Gasteiger charge is -2.57. The van der Waals surface area contributed by atoms with E-state index in [0.29, 0.717) is 23.0 Å². The van der Waals surface area contributed by atoms with Gasteiger partial charge in [0.2, 0.25) is 0 Å². The molecule has 0 bridgehead atoms. The highest BCUT2D eigenvalue weighted by Gasteiger charge is 2.61. The molecule has 0 amide bonds. The van der Waals surface area contributed by atoms with Crippen molar-refractivity contribution in [1.29, 1.82) is 0 Å². The van der Waals surface area contributed by atoms with Crippen LogP contribution in [0.1, 0.15) is 98.8 Å². The first kappa shape index (κ1) is 21.6. The van der Waals surface area contributed by atoms with Crippen LogP contribution in [0.5, 0.6) is 0 Å². The topological polar surface area (TPSA) is 37.3 Å². The third kappa shape index (κ3) is 3.56. The average Bonchev–Trinajstić information content (AvgIpc) is 3.00. The van der Waals surface area contributed by atoms with E-state index in [2.05, 4.69) is 34.6 Å². The summed E-state index contributed by atoms with van der Waals surface area (Å²) in [6.45, 7) is 12.1. The lowest BCUT2D eigenvalue weighted by molar-refractivity contribution is -0.135. The van der Waals surface area contributed by atoms with Crippen LogP contribution in [0.4, 0.5) is 0 Å². The van der Waals surface area contributed by atoms with Gasteiger partial charge in [0.05, 0.1) is 6.10 Å². The van der Waals surface area contributed by atoms with Gasteiger partial charge in [0.15, 0.2) is 5.78 Å². The zero-order valence-electron chi connectivity index (χ0n) is 19.5. The molecule has 0 spiro atoms. The van der Waals surface area contributed by atoms with E-state index in [0.717, 1.165) is 37.0 Å². The monoisotopic (exact) mass is 400 g/mol. The first-order chi connectivity index (χ1) is 13.7. The van der Waals surface area contributed by atoms with E-state index < -0.39 is 0 Å². The van der Waals surface area contributed by atoms with Gasteiger partial charge in [-0.2, -0.15) is 0 Å². The van der Waals surface area contributed by atoms with Gasteiger partial charge in [0, 0.05) is 5.92 Å². The quantitative estimate of drug-likeness (QED) is 0.567. The molecule has 3 saturated carbocycles. The highest BCUT2D eigenvalue weighted by molar-refractivity contribution is 5.94. The molecule has 2 heteroatoms. The molecular formula is C27H44O2. The highest BCUT2D eigenvalue weighted by Crippen LogP contribution is 2.66. The maximum Gasteiger partial charge on any atom is 0.159 e. The fourth-order valence-electron chi connectivity index (χ4n) is 8.41. The zero-order chi connectivity index (χ0) is 21.0. The molecule has 0 aromatic carbocycles. The fourth-order valence-corrected chi connectivity index (χ4v) is 8.41. The first-order valence-corrected chi connectivity index (χ1v) is 12.6. The molecule has 4 rings (SSSR count). The second kappa shape index (κ2) is 7.81.